The Morgan fingerprint density at radius 1 is 1.23 bits per heavy atom. The summed E-state index contributed by atoms with van der Waals surface area (Å²) in [5, 5.41) is 9.61. The minimum absolute atomic E-state index is 0.0413. The van der Waals surface area contributed by atoms with E-state index in [1.807, 2.05) is 6.92 Å². The number of anilines is 1. The lowest BCUT2D eigenvalue weighted by molar-refractivity contribution is 0.0932. The summed E-state index contributed by atoms with van der Waals surface area (Å²) in [6, 6.07) is 5.52. The van der Waals surface area contributed by atoms with E-state index in [4.69, 9.17) is 11.6 Å². The molecule has 0 unspecified atom stereocenters. The number of thiophene rings is 1. The number of hydrogen-bond acceptors (Lipinski definition) is 4. The minimum Gasteiger partial charge on any atom is -0.349 e. The first-order chi connectivity index (χ1) is 12.4. The van der Waals surface area contributed by atoms with Gasteiger partial charge in [0.25, 0.3) is 11.8 Å². The fourth-order valence-corrected chi connectivity index (χ4v) is 4.06. The van der Waals surface area contributed by atoms with Gasteiger partial charge in [-0.2, -0.15) is 0 Å². The average Bonchev–Trinajstić information content (AvgIpc) is 2.96. The van der Waals surface area contributed by atoms with Gasteiger partial charge in [-0.25, -0.2) is 4.39 Å². The highest BCUT2D eigenvalue weighted by atomic mass is 35.5. The van der Waals surface area contributed by atoms with Gasteiger partial charge in [0.15, 0.2) is 0 Å². The van der Waals surface area contributed by atoms with E-state index in [1.165, 1.54) is 23.5 Å². The molecule has 0 spiro atoms. The van der Waals surface area contributed by atoms with Crippen LogP contribution in [0.1, 0.15) is 38.4 Å². The van der Waals surface area contributed by atoms with E-state index in [9.17, 15) is 14.0 Å². The number of amides is 2. The van der Waals surface area contributed by atoms with Crippen LogP contribution < -0.4 is 16.0 Å². The molecule has 0 saturated carbocycles. The van der Waals surface area contributed by atoms with Crippen molar-refractivity contribution in [2.24, 2.45) is 0 Å². The van der Waals surface area contributed by atoms with E-state index in [-0.39, 0.29) is 22.5 Å². The van der Waals surface area contributed by atoms with Crippen LogP contribution >= 0.6 is 22.9 Å². The number of carbonyl (C=O) groups is 2. The average molecular weight is 396 g/mol. The molecule has 0 radical (unpaired) electrons. The van der Waals surface area contributed by atoms with Crippen molar-refractivity contribution in [3.63, 3.8) is 0 Å². The lowest BCUT2D eigenvalue weighted by Gasteiger charge is -2.23. The molecule has 2 aromatic rings. The predicted octanol–water partition coefficient (Wildman–Crippen LogP) is 3.58. The van der Waals surface area contributed by atoms with Crippen LogP contribution in [-0.4, -0.2) is 30.9 Å². The maximum atomic E-state index is 13.1. The Labute approximate surface area is 159 Å². The van der Waals surface area contributed by atoms with E-state index in [0.29, 0.717) is 9.88 Å². The van der Waals surface area contributed by atoms with Gasteiger partial charge >= 0.3 is 0 Å². The number of benzene rings is 1. The summed E-state index contributed by atoms with van der Waals surface area (Å²) >= 11 is 7.13. The van der Waals surface area contributed by atoms with Crippen molar-refractivity contribution in [1.29, 1.82) is 0 Å². The van der Waals surface area contributed by atoms with Crippen LogP contribution in [-0.2, 0) is 0 Å². The molecule has 0 bridgehead atoms. The SMILES string of the molecule is Cc1cc(NC(=O)c2ccc(F)cc2Cl)sc1C(=O)NC1CCNCC1. The third-order valence-electron chi connectivity index (χ3n) is 4.21. The van der Waals surface area contributed by atoms with Gasteiger partial charge in [0.2, 0.25) is 0 Å². The zero-order valence-electron chi connectivity index (χ0n) is 14.2. The maximum absolute atomic E-state index is 13.1. The molecule has 1 aromatic carbocycles. The predicted molar refractivity (Wildman–Crippen MR) is 102 cm³/mol. The van der Waals surface area contributed by atoms with Gasteiger partial charge in [-0.05, 0) is 62.7 Å². The molecule has 26 heavy (non-hydrogen) atoms. The molecule has 1 aliphatic heterocycles. The van der Waals surface area contributed by atoms with Crippen molar-refractivity contribution in [2.75, 3.05) is 18.4 Å². The van der Waals surface area contributed by atoms with Crippen LogP contribution in [0, 0.1) is 12.7 Å². The third kappa shape index (κ3) is 4.41. The normalized spacial score (nSPS) is 14.9. The smallest absolute Gasteiger partial charge is 0.261 e. The van der Waals surface area contributed by atoms with E-state index in [0.717, 1.165) is 37.6 Å². The number of halogens is 2. The molecule has 5 nitrogen and oxygen atoms in total. The summed E-state index contributed by atoms with van der Waals surface area (Å²) < 4.78 is 13.1. The summed E-state index contributed by atoms with van der Waals surface area (Å²) in [5.41, 5.74) is 0.974. The molecule has 138 valence electrons. The van der Waals surface area contributed by atoms with Crippen LogP contribution in [0.25, 0.3) is 0 Å². The molecule has 2 heterocycles. The minimum atomic E-state index is -0.504. The van der Waals surface area contributed by atoms with E-state index < -0.39 is 11.7 Å². The van der Waals surface area contributed by atoms with Crippen LogP contribution in [0.3, 0.4) is 0 Å². The number of hydrogen-bond donors (Lipinski definition) is 3. The molecule has 3 rings (SSSR count). The lowest BCUT2D eigenvalue weighted by Crippen LogP contribution is -2.42. The summed E-state index contributed by atoms with van der Waals surface area (Å²) in [6.45, 7) is 3.62. The van der Waals surface area contributed by atoms with E-state index >= 15 is 0 Å². The molecular formula is C18H19ClFN3O2S. The van der Waals surface area contributed by atoms with Crippen molar-refractivity contribution in [1.82, 2.24) is 10.6 Å². The monoisotopic (exact) mass is 395 g/mol. The quantitative estimate of drug-likeness (QED) is 0.741. The Balaban J connectivity index is 1.69. The van der Waals surface area contributed by atoms with Crippen molar-refractivity contribution < 1.29 is 14.0 Å². The fourth-order valence-electron chi connectivity index (χ4n) is 2.84. The molecule has 0 aliphatic carbocycles. The Hall–Kier alpha value is -1.96. The zero-order valence-corrected chi connectivity index (χ0v) is 15.8. The van der Waals surface area contributed by atoms with Gasteiger partial charge < -0.3 is 16.0 Å². The highest BCUT2D eigenvalue weighted by molar-refractivity contribution is 7.18. The van der Waals surface area contributed by atoms with Gasteiger partial charge in [-0.1, -0.05) is 11.6 Å². The third-order valence-corrected chi connectivity index (χ3v) is 5.67. The molecular weight excluding hydrogens is 377 g/mol. The van der Waals surface area contributed by atoms with E-state index in [2.05, 4.69) is 16.0 Å². The molecule has 1 fully saturated rings. The Morgan fingerprint density at radius 2 is 1.96 bits per heavy atom. The maximum Gasteiger partial charge on any atom is 0.261 e. The highest BCUT2D eigenvalue weighted by Crippen LogP contribution is 2.28. The summed E-state index contributed by atoms with van der Waals surface area (Å²) in [4.78, 5) is 25.4. The van der Waals surface area contributed by atoms with Gasteiger partial charge in [-0.3, -0.25) is 9.59 Å². The Kier molecular flexibility index (Phi) is 5.90. The largest absolute Gasteiger partial charge is 0.349 e. The Morgan fingerprint density at radius 3 is 2.65 bits per heavy atom. The van der Waals surface area contributed by atoms with Crippen molar-refractivity contribution in [2.45, 2.75) is 25.8 Å². The standard InChI is InChI=1S/C18H19ClFN3O2S/c1-10-8-15(23-17(24)13-3-2-11(20)9-14(13)19)26-16(10)18(25)22-12-4-6-21-7-5-12/h2-3,8-9,12,21H,4-7H2,1H3,(H,22,25)(H,23,24). The number of nitrogens with one attached hydrogen (secondary N) is 3. The van der Waals surface area contributed by atoms with Crippen molar-refractivity contribution in [3.8, 4) is 0 Å². The van der Waals surface area contributed by atoms with Gasteiger partial charge in [0.05, 0.1) is 20.5 Å². The van der Waals surface area contributed by atoms with Gasteiger partial charge in [0, 0.05) is 6.04 Å². The molecule has 3 N–H and O–H groups in total. The molecule has 8 heteroatoms. The second-order valence-electron chi connectivity index (χ2n) is 6.20. The van der Waals surface area contributed by atoms with Gasteiger partial charge in [-0.15, -0.1) is 11.3 Å². The van der Waals surface area contributed by atoms with Crippen LogP contribution in [0.15, 0.2) is 24.3 Å². The molecule has 1 aliphatic rings. The molecule has 1 saturated heterocycles. The second-order valence-corrected chi connectivity index (χ2v) is 7.66. The second kappa shape index (κ2) is 8.16. The van der Waals surface area contributed by atoms with Gasteiger partial charge in [0.1, 0.15) is 5.82 Å². The van der Waals surface area contributed by atoms with Crippen molar-refractivity contribution >= 4 is 39.8 Å². The van der Waals surface area contributed by atoms with Crippen LogP contribution in [0.5, 0.6) is 0 Å². The highest BCUT2D eigenvalue weighted by Gasteiger charge is 2.20. The van der Waals surface area contributed by atoms with E-state index in [1.54, 1.807) is 6.07 Å². The summed E-state index contributed by atoms with van der Waals surface area (Å²) in [5.74, 6) is -1.07. The molecule has 1 aromatic heterocycles. The number of rotatable bonds is 4. The molecule has 2 amide bonds. The number of carbonyl (C=O) groups excluding carboxylic acids is 2. The Bertz CT molecular complexity index is 834. The number of piperidine rings is 1. The first-order valence-electron chi connectivity index (χ1n) is 8.32. The lowest BCUT2D eigenvalue weighted by atomic mass is 10.1. The van der Waals surface area contributed by atoms with Crippen LogP contribution in [0.2, 0.25) is 5.02 Å². The topological polar surface area (TPSA) is 70.2 Å². The first kappa shape index (κ1) is 18.8. The van der Waals surface area contributed by atoms with Crippen molar-refractivity contribution in [3.05, 3.63) is 51.1 Å². The number of aryl methyl sites for hydroxylation is 1. The zero-order chi connectivity index (χ0) is 18.7. The summed E-state index contributed by atoms with van der Waals surface area (Å²) in [7, 11) is 0. The fraction of sp³-hybridized carbons (Fsp3) is 0.333. The molecule has 0 atom stereocenters. The first-order valence-corrected chi connectivity index (χ1v) is 9.52. The summed E-state index contributed by atoms with van der Waals surface area (Å²) in [6.07, 6.45) is 1.81. The van der Waals surface area contributed by atoms with Crippen LogP contribution in [0.4, 0.5) is 9.39 Å².